The van der Waals surface area contributed by atoms with Crippen LogP contribution in [-0.2, 0) is 9.53 Å². The molecule has 0 rings (SSSR count). The number of nitrogens with one attached hydrogen (secondary N) is 1. The van der Waals surface area contributed by atoms with Crippen LogP contribution in [0.1, 0.15) is 46.5 Å². The zero-order valence-electron chi connectivity index (χ0n) is 10.8. The number of hydrogen-bond acceptors (Lipinski definition) is 3. The summed E-state index contributed by atoms with van der Waals surface area (Å²) in [6, 6.07) is 0. The van der Waals surface area contributed by atoms with Crippen molar-refractivity contribution in [2.45, 2.75) is 52.0 Å². The summed E-state index contributed by atoms with van der Waals surface area (Å²) in [5.74, 6) is 0.0149. The lowest BCUT2D eigenvalue weighted by molar-refractivity contribution is -0.122. The Morgan fingerprint density at radius 2 is 1.94 bits per heavy atom. The normalized spacial score (nSPS) is 11.5. The summed E-state index contributed by atoms with van der Waals surface area (Å²) in [5.41, 5.74) is 5.31. The molecular weight excluding hydrogens is 204 g/mol. The van der Waals surface area contributed by atoms with Crippen LogP contribution in [0.4, 0.5) is 0 Å². The van der Waals surface area contributed by atoms with Crippen LogP contribution in [0.2, 0.25) is 0 Å². The maximum absolute atomic E-state index is 11.4. The third-order valence-electron chi connectivity index (χ3n) is 2.05. The summed E-state index contributed by atoms with van der Waals surface area (Å²) >= 11 is 0. The summed E-state index contributed by atoms with van der Waals surface area (Å²) in [6.45, 7) is 8.03. The van der Waals surface area contributed by atoms with Crippen molar-refractivity contribution in [3.05, 3.63) is 0 Å². The lowest BCUT2D eigenvalue weighted by atomic mass is 10.0. The van der Waals surface area contributed by atoms with Crippen molar-refractivity contribution >= 4 is 5.91 Å². The van der Waals surface area contributed by atoms with Crippen LogP contribution in [0.3, 0.4) is 0 Å². The molecule has 0 radical (unpaired) electrons. The van der Waals surface area contributed by atoms with E-state index in [1.54, 1.807) is 0 Å². The van der Waals surface area contributed by atoms with Crippen molar-refractivity contribution < 1.29 is 9.53 Å². The third-order valence-corrected chi connectivity index (χ3v) is 2.05. The highest BCUT2D eigenvalue weighted by atomic mass is 16.5. The van der Waals surface area contributed by atoms with E-state index in [0.717, 1.165) is 25.9 Å². The maximum atomic E-state index is 11.4. The predicted molar refractivity (Wildman–Crippen MR) is 66.2 cm³/mol. The fourth-order valence-electron chi connectivity index (χ4n) is 1.23. The number of ether oxygens (including phenoxy) is 1. The number of nitrogens with two attached hydrogens (primary N) is 1. The molecule has 3 N–H and O–H groups in total. The summed E-state index contributed by atoms with van der Waals surface area (Å²) < 4.78 is 5.38. The van der Waals surface area contributed by atoms with Crippen LogP contribution in [0.25, 0.3) is 0 Å². The van der Waals surface area contributed by atoms with Crippen molar-refractivity contribution in [3.63, 3.8) is 0 Å². The molecular formula is C12H26N2O2. The Balaban J connectivity index is 3.28. The van der Waals surface area contributed by atoms with Crippen LogP contribution < -0.4 is 11.1 Å². The van der Waals surface area contributed by atoms with E-state index in [2.05, 4.69) is 12.2 Å². The largest absolute Gasteiger partial charge is 0.381 e. The van der Waals surface area contributed by atoms with Gasteiger partial charge in [0.05, 0.1) is 0 Å². The van der Waals surface area contributed by atoms with Crippen LogP contribution in [0.15, 0.2) is 0 Å². The number of carbonyl (C=O) groups excluding carboxylic acids is 1. The Bertz CT molecular complexity index is 188. The SMILES string of the molecule is CCCCOCCCNC(=O)CC(C)(C)N. The Morgan fingerprint density at radius 1 is 1.31 bits per heavy atom. The van der Waals surface area contributed by atoms with Crippen molar-refractivity contribution in [2.24, 2.45) is 5.73 Å². The number of hydrogen-bond donors (Lipinski definition) is 2. The molecule has 0 spiro atoms. The van der Waals surface area contributed by atoms with Gasteiger partial charge < -0.3 is 15.8 Å². The second kappa shape index (κ2) is 8.53. The van der Waals surface area contributed by atoms with Gasteiger partial charge in [-0.1, -0.05) is 13.3 Å². The summed E-state index contributed by atoms with van der Waals surface area (Å²) in [6.07, 6.45) is 3.49. The Hall–Kier alpha value is -0.610. The topological polar surface area (TPSA) is 64.3 Å². The van der Waals surface area contributed by atoms with E-state index >= 15 is 0 Å². The highest BCUT2D eigenvalue weighted by Crippen LogP contribution is 2.02. The van der Waals surface area contributed by atoms with Gasteiger partial charge in [0.25, 0.3) is 0 Å². The Morgan fingerprint density at radius 3 is 2.50 bits per heavy atom. The number of rotatable bonds is 9. The first-order valence-electron chi connectivity index (χ1n) is 6.09. The summed E-state index contributed by atoms with van der Waals surface area (Å²) in [4.78, 5) is 11.4. The first-order valence-corrected chi connectivity index (χ1v) is 6.09. The smallest absolute Gasteiger partial charge is 0.221 e. The van der Waals surface area contributed by atoms with Gasteiger partial charge in [0.1, 0.15) is 0 Å². The van der Waals surface area contributed by atoms with Gasteiger partial charge in [-0.05, 0) is 26.7 Å². The van der Waals surface area contributed by atoms with Gasteiger partial charge in [0.15, 0.2) is 0 Å². The molecule has 0 unspecified atom stereocenters. The van der Waals surface area contributed by atoms with Crippen LogP contribution in [0.5, 0.6) is 0 Å². The number of amides is 1. The molecule has 96 valence electrons. The highest BCUT2D eigenvalue weighted by molar-refractivity contribution is 5.76. The van der Waals surface area contributed by atoms with E-state index < -0.39 is 5.54 Å². The van der Waals surface area contributed by atoms with Crippen molar-refractivity contribution in [1.29, 1.82) is 0 Å². The van der Waals surface area contributed by atoms with Gasteiger partial charge in [0.2, 0.25) is 5.91 Å². The molecule has 0 aliphatic rings. The molecule has 0 saturated heterocycles. The zero-order chi connectivity index (χ0) is 12.4. The maximum Gasteiger partial charge on any atom is 0.221 e. The quantitative estimate of drug-likeness (QED) is 0.589. The Kier molecular flexibility index (Phi) is 8.21. The van der Waals surface area contributed by atoms with Crippen LogP contribution in [-0.4, -0.2) is 31.2 Å². The molecule has 0 aromatic carbocycles. The van der Waals surface area contributed by atoms with Gasteiger partial charge in [-0.3, -0.25) is 4.79 Å². The number of carbonyl (C=O) groups is 1. The first-order chi connectivity index (χ1) is 7.45. The van der Waals surface area contributed by atoms with Gasteiger partial charge in [0, 0.05) is 31.7 Å². The van der Waals surface area contributed by atoms with E-state index in [0.29, 0.717) is 19.6 Å². The van der Waals surface area contributed by atoms with Crippen molar-refractivity contribution in [3.8, 4) is 0 Å². The second-order valence-corrected chi connectivity index (χ2v) is 4.83. The standard InChI is InChI=1S/C12H26N2O2/c1-4-5-8-16-9-6-7-14-11(15)10-12(2,3)13/h4-10,13H2,1-3H3,(H,14,15). The molecule has 4 heteroatoms. The van der Waals surface area contributed by atoms with Crippen LogP contribution >= 0.6 is 0 Å². The van der Waals surface area contributed by atoms with E-state index in [1.807, 2.05) is 13.8 Å². The van der Waals surface area contributed by atoms with Gasteiger partial charge >= 0.3 is 0 Å². The average Bonchev–Trinajstić information content (AvgIpc) is 2.13. The summed E-state index contributed by atoms with van der Waals surface area (Å²) in [5, 5.41) is 2.83. The molecule has 0 saturated carbocycles. The van der Waals surface area contributed by atoms with E-state index in [1.165, 1.54) is 0 Å². The molecule has 0 aromatic heterocycles. The van der Waals surface area contributed by atoms with E-state index in [9.17, 15) is 4.79 Å². The monoisotopic (exact) mass is 230 g/mol. The van der Waals surface area contributed by atoms with E-state index in [4.69, 9.17) is 10.5 Å². The van der Waals surface area contributed by atoms with Gasteiger partial charge in [-0.2, -0.15) is 0 Å². The third kappa shape index (κ3) is 11.5. The molecule has 0 fully saturated rings. The molecule has 0 atom stereocenters. The molecule has 0 aliphatic heterocycles. The Labute approximate surface area is 98.9 Å². The fraction of sp³-hybridized carbons (Fsp3) is 0.917. The number of unbranched alkanes of at least 4 members (excludes halogenated alkanes) is 1. The molecule has 0 aliphatic carbocycles. The zero-order valence-corrected chi connectivity index (χ0v) is 10.8. The molecule has 16 heavy (non-hydrogen) atoms. The second-order valence-electron chi connectivity index (χ2n) is 4.83. The first kappa shape index (κ1) is 15.4. The van der Waals surface area contributed by atoms with E-state index in [-0.39, 0.29) is 5.91 Å². The minimum Gasteiger partial charge on any atom is -0.381 e. The van der Waals surface area contributed by atoms with Gasteiger partial charge in [-0.15, -0.1) is 0 Å². The molecule has 4 nitrogen and oxygen atoms in total. The molecule has 0 bridgehead atoms. The van der Waals surface area contributed by atoms with Crippen LogP contribution in [0, 0.1) is 0 Å². The highest BCUT2D eigenvalue weighted by Gasteiger charge is 2.15. The molecule has 0 aromatic rings. The predicted octanol–water partition coefficient (Wildman–Crippen LogP) is 1.44. The molecule has 0 heterocycles. The fourth-order valence-corrected chi connectivity index (χ4v) is 1.23. The van der Waals surface area contributed by atoms with Crippen molar-refractivity contribution in [1.82, 2.24) is 5.32 Å². The minimum atomic E-state index is -0.429. The lowest BCUT2D eigenvalue weighted by Crippen LogP contribution is -2.39. The average molecular weight is 230 g/mol. The lowest BCUT2D eigenvalue weighted by Gasteiger charge is -2.17. The minimum absolute atomic E-state index is 0.0149. The summed E-state index contributed by atoms with van der Waals surface area (Å²) in [7, 11) is 0. The molecule has 1 amide bonds. The van der Waals surface area contributed by atoms with Gasteiger partial charge in [-0.25, -0.2) is 0 Å². The van der Waals surface area contributed by atoms with Crippen molar-refractivity contribution in [2.75, 3.05) is 19.8 Å².